The normalized spacial score (nSPS) is 14.1. The molecule has 0 aliphatic carbocycles. The quantitative estimate of drug-likeness (QED) is 0.0222. The van der Waals surface area contributed by atoms with E-state index < -0.39 is 97.5 Å². The number of aliphatic hydroxyl groups is 1. The largest absolute Gasteiger partial charge is 0.472 e. The van der Waals surface area contributed by atoms with Crippen LogP contribution in [0.4, 0.5) is 0 Å². The number of ether oxygens (including phenoxy) is 4. The average Bonchev–Trinajstić information content (AvgIpc) is 0.906. The Morgan fingerprint density at radius 1 is 0.276 bits per heavy atom. The molecular weight excluding hydrogens is 1370 g/mol. The van der Waals surface area contributed by atoms with E-state index in [9.17, 15) is 43.2 Å². The molecule has 19 heteroatoms. The van der Waals surface area contributed by atoms with E-state index in [1.165, 1.54) is 257 Å². The van der Waals surface area contributed by atoms with Gasteiger partial charge in [-0.2, -0.15) is 0 Å². The van der Waals surface area contributed by atoms with Gasteiger partial charge in [-0.15, -0.1) is 0 Å². The van der Waals surface area contributed by atoms with Crippen LogP contribution in [0.1, 0.15) is 453 Å². The number of unbranched alkanes of at least 4 members (excludes halogenated alkanes) is 51. The van der Waals surface area contributed by atoms with Crippen molar-refractivity contribution in [3.05, 3.63) is 0 Å². The fourth-order valence-corrected chi connectivity index (χ4v) is 14.9. The minimum atomic E-state index is -4.97. The summed E-state index contributed by atoms with van der Waals surface area (Å²) in [7, 11) is -9.93. The maximum atomic E-state index is 13.1. The number of carbonyl (C=O) groups is 4. The molecule has 0 bridgehead atoms. The lowest BCUT2D eigenvalue weighted by atomic mass is 9.99. The third-order valence-corrected chi connectivity index (χ3v) is 22.4. The standard InChI is InChI=1S/C86H168O17P2/c1-8-10-11-12-13-14-15-16-17-23-30-35-40-47-55-62-70-86(91)103-82(74-97-84(89)68-61-54-49-42-44-51-58-65-78(5)6)76-101-105(94,95)99-72-80(87)71-98-104(92,93)100-75-81(73-96-83(88)67-60-53-46-39-34-29-26-25-28-33-38-45-52-59-66-79(7)9-2)102-85(90)69-63-56-48-41-36-31-24-21-19-18-20-22-27-32-37-43-50-57-64-77(3)4/h77-82,87H,8-76H2,1-7H3,(H,92,93)(H,94,95)/t79?,80-,81-,82-/m1/s1. The third kappa shape index (κ3) is 78.5. The third-order valence-electron chi connectivity index (χ3n) is 20.5. The number of phosphoric acid groups is 2. The van der Waals surface area contributed by atoms with Crippen LogP contribution < -0.4 is 0 Å². The van der Waals surface area contributed by atoms with E-state index in [0.717, 1.165) is 108 Å². The van der Waals surface area contributed by atoms with E-state index in [-0.39, 0.29) is 25.7 Å². The number of hydrogen-bond acceptors (Lipinski definition) is 15. The molecule has 0 saturated carbocycles. The first kappa shape index (κ1) is 103. The molecule has 0 aromatic carbocycles. The molecule has 105 heavy (non-hydrogen) atoms. The molecule has 0 amide bonds. The summed E-state index contributed by atoms with van der Waals surface area (Å²) in [4.78, 5) is 73.2. The van der Waals surface area contributed by atoms with Crippen molar-refractivity contribution < 1.29 is 80.2 Å². The lowest BCUT2D eigenvalue weighted by Gasteiger charge is -2.21. The van der Waals surface area contributed by atoms with Crippen molar-refractivity contribution in [1.29, 1.82) is 0 Å². The topological polar surface area (TPSA) is 237 Å². The summed E-state index contributed by atoms with van der Waals surface area (Å²) in [5.74, 6) is 0.271. The molecule has 6 atom stereocenters. The number of rotatable bonds is 84. The van der Waals surface area contributed by atoms with Crippen molar-refractivity contribution in [2.24, 2.45) is 17.8 Å². The maximum Gasteiger partial charge on any atom is 0.472 e. The summed E-state index contributed by atoms with van der Waals surface area (Å²) in [6.07, 6.45) is 66.7. The molecule has 0 aliphatic rings. The molecular formula is C86H168O17P2. The Kier molecular flexibility index (Phi) is 74.7. The van der Waals surface area contributed by atoms with Crippen LogP contribution in [-0.2, 0) is 65.4 Å². The van der Waals surface area contributed by atoms with Gasteiger partial charge in [-0.1, -0.05) is 402 Å². The summed E-state index contributed by atoms with van der Waals surface area (Å²) in [6.45, 7) is 12.0. The van der Waals surface area contributed by atoms with Crippen LogP contribution in [-0.4, -0.2) is 96.7 Å². The van der Waals surface area contributed by atoms with Crippen molar-refractivity contribution >= 4 is 39.5 Å². The van der Waals surface area contributed by atoms with Crippen LogP contribution in [0.25, 0.3) is 0 Å². The van der Waals surface area contributed by atoms with Crippen LogP contribution in [0.5, 0.6) is 0 Å². The molecule has 0 heterocycles. The minimum absolute atomic E-state index is 0.108. The smallest absolute Gasteiger partial charge is 0.462 e. The first-order chi connectivity index (χ1) is 50.8. The van der Waals surface area contributed by atoms with Crippen LogP contribution in [0.3, 0.4) is 0 Å². The Bertz CT molecular complexity index is 2030. The number of phosphoric ester groups is 2. The molecule has 0 spiro atoms. The summed E-state index contributed by atoms with van der Waals surface area (Å²) in [5, 5.41) is 10.7. The van der Waals surface area contributed by atoms with E-state index in [1.807, 2.05) is 0 Å². The second-order valence-electron chi connectivity index (χ2n) is 32.1. The number of aliphatic hydroxyl groups excluding tert-OH is 1. The van der Waals surface area contributed by atoms with Gasteiger partial charge in [0.15, 0.2) is 12.2 Å². The Morgan fingerprint density at radius 3 is 0.724 bits per heavy atom. The minimum Gasteiger partial charge on any atom is -0.462 e. The van der Waals surface area contributed by atoms with Gasteiger partial charge in [-0.3, -0.25) is 37.3 Å². The van der Waals surface area contributed by atoms with Gasteiger partial charge >= 0.3 is 39.5 Å². The summed E-state index contributed by atoms with van der Waals surface area (Å²) < 4.78 is 68.9. The average molecular weight is 1540 g/mol. The number of esters is 4. The highest BCUT2D eigenvalue weighted by Gasteiger charge is 2.30. The first-order valence-corrected chi connectivity index (χ1v) is 47.4. The van der Waals surface area contributed by atoms with Crippen LogP contribution in [0.15, 0.2) is 0 Å². The fraction of sp³-hybridized carbons (Fsp3) is 0.953. The van der Waals surface area contributed by atoms with Gasteiger partial charge < -0.3 is 33.8 Å². The van der Waals surface area contributed by atoms with Crippen molar-refractivity contribution in [1.82, 2.24) is 0 Å². The van der Waals surface area contributed by atoms with Crippen LogP contribution >= 0.6 is 15.6 Å². The van der Waals surface area contributed by atoms with Crippen LogP contribution in [0, 0.1) is 17.8 Å². The molecule has 0 radical (unpaired) electrons. The molecule has 3 N–H and O–H groups in total. The molecule has 0 saturated heterocycles. The predicted octanol–water partition coefficient (Wildman–Crippen LogP) is 26.1. The molecule has 17 nitrogen and oxygen atoms in total. The van der Waals surface area contributed by atoms with Gasteiger partial charge in [0.05, 0.1) is 26.4 Å². The van der Waals surface area contributed by atoms with E-state index >= 15 is 0 Å². The molecule has 3 unspecified atom stereocenters. The van der Waals surface area contributed by atoms with Gasteiger partial charge in [0.1, 0.15) is 19.3 Å². The number of carbonyl (C=O) groups excluding carboxylic acids is 4. The fourth-order valence-electron chi connectivity index (χ4n) is 13.3. The Labute approximate surface area is 645 Å². The number of hydrogen-bond donors (Lipinski definition) is 3. The summed E-state index contributed by atoms with van der Waals surface area (Å²) in [5.41, 5.74) is 0. The second-order valence-corrected chi connectivity index (χ2v) is 35.0. The zero-order chi connectivity index (χ0) is 77.2. The molecule has 0 rings (SSSR count). The molecule has 624 valence electrons. The van der Waals surface area contributed by atoms with Crippen molar-refractivity contribution in [3.8, 4) is 0 Å². The van der Waals surface area contributed by atoms with Gasteiger partial charge in [0, 0.05) is 25.7 Å². The van der Waals surface area contributed by atoms with Gasteiger partial charge in [-0.05, 0) is 43.4 Å². The maximum absolute atomic E-state index is 13.1. The molecule has 0 aromatic heterocycles. The highest BCUT2D eigenvalue weighted by atomic mass is 31.2. The Hall–Kier alpha value is -1.94. The predicted molar refractivity (Wildman–Crippen MR) is 432 cm³/mol. The van der Waals surface area contributed by atoms with E-state index in [2.05, 4.69) is 48.5 Å². The summed E-state index contributed by atoms with van der Waals surface area (Å²) >= 11 is 0. The molecule has 0 aromatic rings. The zero-order valence-electron chi connectivity index (χ0n) is 69.2. The Morgan fingerprint density at radius 2 is 0.486 bits per heavy atom. The molecule has 0 fully saturated rings. The lowest BCUT2D eigenvalue weighted by Crippen LogP contribution is -2.30. The van der Waals surface area contributed by atoms with Crippen molar-refractivity contribution in [3.63, 3.8) is 0 Å². The molecule has 0 aliphatic heterocycles. The highest BCUT2D eigenvalue weighted by molar-refractivity contribution is 7.47. The highest BCUT2D eigenvalue weighted by Crippen LogP contribution is 2.45. The van der Waals surface area contributed by atoms with E-state index in [4.69, 9.17) is 37.0 Å². The van der Waals surface area contributed by atoms with Gasteiger partial charge in [-0.25, -0.2) is 9.13 Å². The summed E-state index contributed by atoms with van der Waals surface area (Å²) in [6, 6.07) is 0. The lowest BCUT2D eigenvalue weighted by molar-refractivity contribution is -0.161. The second kappa shape index (κ2) is 76.1. The van der Waals surface area contributed by atoms with Gasteiger partial charge in [0.25, 0.3) is 0 Å². The van der Waals surface area contributed by atoms with E-state index in [0.29, 0.717) is 31.6 Å². The van der Waals surface area contributed by atoms with Gasteiger partial charge in [0.2, 0.25) is 0 Å². The Balaban J connectivity index is 5.23. The monoisotopic (exact) mass is 1540 g/mol. The van der Waals surface area contributed by atoms with Crippen molar-refractivity contribution in [2.75, 3.05) is 39.6 Å². The van der Waals surface area contributed by atoms with E-state index in [1.54, 1.807) is 0 Å². The van der Waals surface area contributed by atoms with Crippen LogP contribution in [0.2, 0.25) is 0 Å². The first-order valence-electron chi connectivity index (χ1n) is 44.4. The van der Waals surface area contributed by atoms with Crippen molar-refractivity contribution in [2.45, 2.75) is 471 Å². The SMILES string of the molecule is CCCCCCCCCCCCCCCCCCC(=O)O[C@H](COC(=O)CCCCCCCCCC(C)C)COP(=O)(O)OC[C@H](O)COP(=O)(O)OC[C@@H](COC(=O)CCCCCCCCCCCCCCCCC(C)CC)OC(=O)CCCCCCCCCCCCCCCCCCCCC(C)C. The zero-order valence-corrected chi connectivity index (χ0v) is 71.0.